The molecule has 0 heterocycles. The number of anilines is 1. The van der Waals surface area contributed by atoms with Crippen molar-refractivity contribution in [1.82, 2.24) is 0 Å². The maximum atomic E-state index is 12.9. The van der Waals surface area contributed by atoms with Crippen molar-refractivity contribution >= 4 is 11.6 Å². The smallest absolute Gasteiger partial charge is 0.416 e. The van der Waals surface area contributed by atoms with Crippen LogP contribution in [-0.2, 0) is 23.9 Å². The summed E-state index contributed by atoms with van der Waals surface area (Å²) in [6.07, 6.45) is -3.01. The Balaban J connectivity index is 1.92. The van der Waals surface area contributed by atoms with Crippen LogP contribution in [0.4, 0.5) is 18.9 Å². The van der Waals surface area contributed by atoms with Crippen molar-refractivity contribution in [2.45, 2.75) is 32.0 Å². The van der Waals surface area contributed by atoms with E-state index in [0.717, 1.165) is 23.4 Å². The zero-order valence-corrected chi connectivity index (χ0v) is 14.4. The number of hydrogen-bond donors (Lipinski definition) is 2. The molecule has 0 atom stereocenters. The number of halogens is 3. The van der Waals surface area contributed by atoms with E-state index in [9.17, 15) is 18.0 Å². The van der Waals surface area contributed by atoms with Crippen LogP contribution in [0.15, 0.2) is 42.5 Å². The largest absolute Gasteiger partial charge is 0.497 e. The number of benzene rings is 2. The van der Waals surface area contributed by atoms with Gasteiger partial charge < -0.3 is 15.8 Å². The van der Waals surface area contributed by atoms with Crippen molar-refractivity contribution in [2.24, 2.45) is 5.73 Å². The first-order valence-corrected chi connectivity index (χ1v) is 8.16. The number of carbonyl (C=O) groups is 1. The lowest BCUT2D eigenvalue weighted by Gasteiger charge is -2.12. The van der Waals surface area contributed by atoms with E-state index in [1.165, 1.54) is 6.07 Å². The average molecular weight is 366 g/mol. The summed E-state index contributed by atoms with van der Waals surface area (Å²) in [4.78, 5) is 12.0. The molecule has 140 valence electrons. The van der Waals surface area contributed by atoms with Gasteiger partial charge in [-0.05, 0) is 54.3 Å². The van der Waals surface area contributed by atoms with E-state index in [1.807, 2.05) is 24.3 Å². The molecule has 0 fully saturated rings. The fraction of sp³-hybridized carbons (Fsp3) is 0.316. The molecule has 0 aliphatic heterocycles. The molecule has 2 rings (SSSR count). The number of amides is 1. The third kappa shape index (κ3) is 5.77. The molecular weight excluding hydrogens is 345 g/mol. The van der Waals surface area contributed by atoms with Gasteiger partial charge in [-0.15, -0.1) is 0 Å². The zero-order valence-electron chi connectivity index (χ0n) is 14.4. The maximum absolute atomic E-state index is 12.9. The normalized spacial score (nSPS) is 11.3. The standard InChI is InChI=1S/C19H21F3N2O2/c1-26-17-7-5-13(6-8-17)3-2-4-18(25)24-16-10-14(12-23)9-15(11-16)19(20,21)22/h5-11H,2-4,12,23H2,1H3,(H,24,25). The quantitative estimate of drug-likeness (QED) is 0.774. The van der Waals surface area contributed by atoms with E-state index in [0.29, 0.717) is 18.4 Å². The van der Waals surface area contributed by atoms with Crippen molar-refractivity contribution in [2.75, 3.05) is 12.4 Å². The minimum atomic E-state index is -4.49. The first-order valence-electron chi connectivity index (χ1n) is 8.16. The van der Waals surface area contributed by atoms with Crippen molar-refractivity contribution < 1.29 is 22.7 Å². The molecule has 2 aromatic carbocycles. The first-order chi connectivity index (χ1) is 12.3. The van der Waals surface area contributed by atoms with Gasteiger partial charge in [-0.3, -0.25) is 4.79 Å². The fourth-order valence-electron chi connectivity index (χ4n) is 2.51. The Bertz CT molecular complexity index is 743. The molecule has 0 aliphatic carbocycles. The predicted octanol–water partition coefficient (Wildman–Crippen LogP) is 4.13. The second-order valence-electron chi connectivity index (χ2n) is 5.87. The highest BCUT2D eigenvalue weighted by Crippen LogP contribution is 2.32. The molecule has 3 N–H and O–H groups in total. The molecule has 7 heteroatoms. The van der Waals surface area contributed by atoms with Gasteiger partial charge in [0.25, 0.3) is 0 Å². The Kier molecular flexibility index (Phi) is 6.63. The highest BCUT2D eigenvalue weighted by molar-refractivity contribution is 5.90. The Morgan fingerprint density at radius 2 is 1.81 bits per heavy atom. The second-order valence-corrected chi connectivity index (χ2v) is 5.87. The van der Waals surface area contributed by atoms with Gasteiger partial charge in [-0.1, -0.05) is 12.1 Å². The number of nitrogens with one attached hydrogen (secondary N) is 1. The molecule has 0 saturated carbocycles. The minimum absolute atomic E-state index is 0.0374. The number of hydrogen-bond acceptors (Lipinski definition) is 3. The molecule has 0 spiro atoms. The molecule has 0 aromatic heterocycles. The van der Waals surface area contributed by atoms with Gasteiger partial charge in [0.1, 0.15) is 5.75 Å². The summed E-state index contributed by atoms with van der Waals surface area (Å²) >= 11 is 0. The summed E-state index contributed by atoms with van der Waals surface area (Å²) in [5, 5.41) is 2.52. The summed E-state index contributed by atoms with van der Waals surface area (Å²) < 4.78 is 43.8. The van der Waals surface area contributed by atoms with Gasteiger partial charge in [0.05, 0.1) is 12.7 Å². The number of rotatable bonds is 7. The van der Waals surface area contributed by atoms with Gasteiger partial charge in [0.2, 0.25) is 5.91 Å². The highest BCUT2D eigenvalue weighted by atomic mass is 19.4. The summed E-state index contributed by atoms with van der Waals surface area (Å²) in [5.74, 6) is 0.424. The average Bonchev–Trinajstić information content (AvgIpc) is 2.61. The van der Waals surface area contributed by atoms with Gasteiger partial charge in [-0.25, -0.2) is 0 Å². The number of methoxy groups -OCH3 is 1. The monoisotopic (exact) mass is 366 g/mol. The van der Waals surface area contributed by atoms with Crippen LogP contribution in [0.2, 0.25) is 0 Å². The van der Waals surface area contributed by atoms with E-state index in [2.05, 4.69) is 5.32 Å². The summed E-state index contributed by atoms with van der Waals surface area (Å²) in [6.45, 7) is -0.0374. The molecule has 0 unspecified atom stereocenters. The molecule has 0 radical (unpaired) electrons. The van der Waals surface area contributed by atoms with Crippen molar-refractivity contribution in [3.8, 4) is 5.75 Å². The Morgan fingerprint density at radius 1 is 1.12 bits per heavy atom. The summed E-state index contributed by atoms with van der Waals surface area (Å²) in [5.41, 5.74) is 6.09. The van der Waals surface area contributed by atoms with Crippen LogP contribution in [-0.4, -0.2) is 13.0 Å². The predicted molar refractivity (Wildman–Crippen MR) is 93.9 cm³/mol. The van der Waals surface area contributed by atoms with Crippen LogP contribution in [0, 0.1) is 0 Å². The molecule has 0 saturated heterocycles. The van der Waals surface area contributed by atoms with Gasteiger partial charge in [0.15, 0.2) is 0 Å². The van der Waals surface area contributed by atoms with E-state index in [4.69, 9.17) is 10.5 Å². The Labute approximate surface area is 150 Å². The van der Waals surface area contributed by atoms with Crippen molar-refractivity contribution in [1.29, 1.82) is 0 Å². The van der Waals surface area contributed by atoms with E-state index < -0.39 is 11.7 Å². The van der Waals surface area contributed by atoms with Crippen LogP contribution in [0.3, 0.4) is 0 Å². The lowest BCUT2D eigenvalue weighted by atomic mass is 10.1. The second kappa shape index (κ2) is 8.71. The minimum Gasteiger partial charge on any atom is -0.497 e. The van der Waals surface area contributed by atoms with E-state index in [-0.39, 0.29) is 24.6 Å². The number of carbonyl (C=O) groups excluding carboxylic acids is 1. The zero-order chi connectivity index (χ0) is 19.2. The molecule has 4 nitrogen and oxygen atoms in total. The van der Waals surface area contributed by atoms with Crippen LogP contribution >= 0.6 is 0 Å². The van der Waals surface area contributed by atoms with Crippen LogP contribution in [0.5, 0.6) is 5.75 Å². The molecule has 2 aromatic rings. The number of ether oxygens (including phenoxy) is 1. The maximum Gasteiger partial charge on any atom is 0.416 e. The van der Waals surface area contributed by atoms with Crippen molar-refractivity contribution in [3.05, 3.63) is 59.2 Å². The Hall–Kier alpha value is -2.54. The van der Waals surface area contributed by atoms with Crippen LogP contribution in [0.25, 0.3) is 0 Å². The third-order valence-electron chi connectivity index (χ3n) is 3.87. The third-order valence-corrected chi connectivity index (χ3v) is 3.87. The first kappa shape index (κ1) is 19.8. The SMILES string of the molecule is COc1ccc(CCCC(=O)Nc2cc(CN)cc(C(F)(F)F)c2)cc1. The molecule has 0 bridgehead atoms. The van der Waals surface area contributed by atoms with Crippen LogP contribution < -0.4 is 15.8 Å². The van der Waals surface area contributed by atoms with Gasteiger partial charge >= 0.3 is 6.18 Å². The highest BCUT2D eigenvalue weighted by Gasteiger charge is 2.31. The number of aryl methyl sites for hydroxylation is 1. The van der Waals surface area contributed by atoms with Gasteiger partial charge in [0, 0.05) is 18.7 Å². The lowest BCUT2D eigenvalue weighted by molar-refractivity contribution is -0.137. The Morgan fingerprint density at radius 3 is 2.38 bits per heavy atom. The number of alkyl halides is 3. The summed E-state index contributed by atoms with van der Waals surface area (Å²) in [7, 11) is 1.59. The lowest BCUT2D eigenvalue weighted by Crippen LogP contribution is -2.14. The molecular formula is C19H21F3N2O2. The molecule has 0 aliphatic rings. The molecule has 1 amide bonds. The van der Waals surface area contributed by atoms with E-state index in [1.54, 1.807) is 7.11 Å². The van der Waals surface area contributed by atoms with E-state index >= 15 is 0 Å². The van der Waals surface area contributed by atoms with Crippen molar-refractivity contribution in [3.63, 3.8) is 0 Å². The number of nitrogens with two attached hydrogens (primary N) is 1. The van der Waals surface area contributed by atoms with Gasteiger partial charge in [-0.2, -0.15) is 13.2 Å². The molecule has 26 heavy (non-hydrogen) atoms. The van der Waals surface area contributed by atoms with Crippen LogP contribution in [0.1, 0.15) is 29.5 Å². The summed E-state index contributed by atoms with van der Waals surface area (Å²) in [6, 6.07) is 10.9. The fourth-order valence-corrected chi connectivity index (χ4v) is 2.51. The topological polar surface area (TPSA) is 64.3 Å².